The molecule has 4 rings (SSSR count). The molecule has 1 aliphatic rings. The summed E-state index contributed by atoms with van der Waals surface area (Å²) < 4.78 is 33.1. The molecule has 12 heteroatoms. The number of ether oxygens (including phenoxy) is 1. The topological polar surface area (TPSA) is 139 Å². The van der Waals surface area contributed by atoms with Crippen LogP contribution in [0.1, 0.15) is 10.4 Å². The summed E-state index contributed by atoms with van der Waals surface area (Å²) in [6, 6.07) is 18.9. The van der Waals surface area contributed by atoms with E-state index in [1.807, 2.05) is 0 Å². The number of nitrogens with one attached hydrogen (secondary N) is 1. The first-order valence-corrected chi connectivity index (χ1v) is 12.8. The molecule has 1 N–H and O–H groups in total. The van der Waals surface area contributed by atoms with Crippen LogP contribution in [0.5, 0.6) is 0 Å². The zero-order valence-corrected chi connectivity index (χ0v) is 20.5. The van der Waals surface area contributed by atoms with Gasteiger partial charge in [0.05, 0.1) is 40.0 Å². The van der Waals surface area contributed by atoms with Crippen molar-refractivity contribution < 1.29 is 27.7 Å². The molecule has 0 atom stereocenters. The summed E-state index contributed by atoms with van der Waals surface area (Å²) in [5, 5.41) is 13.9. The summed E-state index contributed by atoms with van der Waals surface area (Å²) in [4.78, 5) is 38.4. The van der Waals surface area contributed by atoms with E-state index in [9.17, 15) is 28.1 Å². The van der Waals surface area contributed by atoms with Crippen molar-refractivity contribution in [3.8, 4) is 0 Å². The van der Waals surface area contributed by atoms with Gasteiger partial charge in [-0.1, -0.05) is 36.4 Å². The second kappa shape index (κ2) is 11.2. The van der Waals surface area contributed by atoms with Crippen molar-refractivity contribution in [2.24, 2.45) is 0 Å². The minimum Gasteiger partial charge on any atom is -0.378 e. The Morgan fingerprint density at radius 3 is 2.35 bits per heavy atom. The molecular weight excluding hydrogens is 500 g/mol. The second-order valence-electron chi connectivity index (χ2n) is 8.10. The lowest BCUT2D eigenvalue weighted by Crippen LogP contribution is -2.41. The van der Waals surface area contributed by atoms with Crippen LogP contribution < -0.4 is 9.62 Å². The van der Waals surface area contributed by atoms with Crippen molar-refractivity contribution in [1.82, 2.24) is 4.90 Å². The van der Waals surface area contributed by atoms with Crippen molar-refractivity contribution in [3.63, 3.8) is 0 Å². The quantitative estimate of drug-likeness (QED) is 0.353. The Morgan fingerprint density at radius 1 is 0.973 bits per heavy atom. The predicted octanol–water partition coefficient (Wildman–Crippen LogP) is 2.90. The molecule has 0 aromatic heterocycles. The van der Waals surface area contributed by atoms with Gasteiger partial charge < -0.3 is 15.0 Å². The van der Waals surface area contributed by atoms with Crippen LogP contribution in [-0.4, -0.2) is 62.9 Å². The van der Waals surface area contributed by atoms with Crippen LogP contribution >= 0.6 is 0 Å². The molecule has 3 aromatic carbocycles. The van der Waals surface area contributed by atoms with Gasteiger partial charge in [-0.15, -0.1) is 0 Å². The maximum absolute atomic E-state index is 13.5. The molecule has 0 radical (unpaired) electrons. The number of morpholine rings is 1. The number of hydrogen-bond donors (Lipinski definition) is 1. The zero-order valence-electron chi connectivity index (χ0n) is 19.6. The molecule has 192 valence electrons. The minimum atomic E-state index is -4.27. The molecule has 2 amide bonds. The van der Waals surface area contributed by atoms with Gasteiger partial charge in [0, 0.05) is 25.2 Å². The molecule has 0 bridgehead atoms. The van der Waals surface area contributed by atoms with E-state index in [0.717, 1.165) is 10.4 Å². The standard InChI is InChI=1S/C25H24N4O7S/c30-24(26-23-12-5-4-11-22(23)25(31)27-13-15-36-16-14-27)18-28(19-7-6-8-20(17-19)29(32)33)37(34,35)21-9-2-1-3-10-21/h1-12,17H,13-16,18H2,(H,26,30). The third kappa shape index (κ3) is 5.93. The van der Waals surface area contributed by atoms with E-state index in [1.165, 1.54) is 42.5 Å². The largest absolute Gasteiger partial charge is 0.378 e. The van der Waals surface area contributed by atoms with Gasteiger partial charge in [0.2, 0.25) is 5.91 Å². The number of carbonyl (C=O) groups excluding carboxylic acids is 2. The number of para-hydroxylation sites is 1. The summed E-state index contributed by atoms with van der Waals surface area (Å²) in [5.41, 5.74) is 0.101. The molecule has 1 saturated heterocycles. The average molecular weight is 525 g/mol. The number of carbonyl (C=O) groups is 2. The Bertz CT molecular complexity index is 1410. The number of nitro groups is 1. The number of anilines is 2. The molecule has 0 aliphatic carbocycles. The highest BCUT2D eigenvalue weighted by Crippen LogP contribution is 2.27. The van der Waals surface area contributed by atoms with Gasteiger partial charge in [-0.3, -0.25) is 24.0 Å². The molecule has 3 aromatic rings. The molecule has 1 aliphatic heterocycles. The van der Waals surface area contributed by atoms with Crippen molar-refractivity contribution >= 4 is 38.9 Å². The second-order valence-corrected chi connectivity index (χ2v) is 9.96. The van der Waals surface area contributed by atoms with E-state index in [0.29, 0.717) is 26.3 Å². The number of hydrogen-bond acceptors (Lipinski definition) is 7. The van der Waals surface area contributed by atoms with Crippen molar-refractivity contribution in [2.75, 3.05) is 42.5 Å². The van der Waals surface area contributed by atoms with Gasteiger partial charge in [0.25, 0.3) is 21.6 Å². The summed E-state index contributed by atoms with van der Waals surface area (Å²) >= 11 is 0. The first-order valence-electron chi connectivity index (χ1n) is 11.4. The normalized spacial score (nSPS) is 13.6. The first-order chi connectivity index (χ1) is 17.8. The van der Waals surface area contributed by atoms with E-state index in [2.05, 4.69) is 5.32 Å². The maximum Gasteiger partial charge on any atom is 0.271 e. The third-order valence-corrected chi connectivity index (χ3v) is 7.46. The van der Waals surface area contributed by atoms with Crippen LogP contribution in [0, 0.1) is 10.1 Å². The Morgan fingerprint density at radius 2 is 1.65 bits per heavy atom. The number of non-ortho nitro benzene ring substituents is 1. The fraction of sp³-hybridized carbons (Fsp3) is 0.200. The van der Waals surface area contributed by atoms with Gasteiger partial charge in [-0.25, -0.2) is 8.42 Å². The highest BCUT2D eigenvalue weighted by Gasteiger charge is 2.29. The number of amides is 2. The number of nitrogens with zero attached hydrogens (tertiary/aromatic N) is 3. The fourth-order valence-electron chi connectivity index (χ4n) is 3.83. The monoisotopic (exact) mass is 524 g/mol. The van der Waals surface area contributed by atoms with Crippen molar-refractivity contribution in [2.45, 2.75) is 4.90 Å². The number of sulfonamides is 1. The highest BCUT2D eigenvalue weighted by atomic mass is 32.2. The van der Waals surface area contributed by atoms with E-state index in [4.69, 9.17) is 4.74 Å². The van der Waals surface area contributed by atoms with E-state index in [1.54, 1.807) is 35.2 Å². The van der Waals surface area contributed by atoms with Gasteiger partial charge in [-0.2, -0.15) is 0 Å². The van der Waals surface area contributed by atoms with Gasteiger partial charge in [-0.05, 0) is 30.3 Å². The van der Waals surface area contributed by atoms with Crippen molar-refractivity contribution in [1.29, 1.82) is 0 Å². The lowest BCUT2D eigenvalue weighted by atomic mass is 10.1. The van der Waals surface area contributed by atoms with Crippen LogP contribution in [0.25, 0.3) is 0 Å². The summed E-state index contributed by atoms with van der Waals surface area (Å²) in [6.07, 6.45) is 0. The van der Waals surface area contributed by atoms with Crippen LogP contribution in [0.15, 0.2) is 83.8 Å². The van der Waals surface area contributed by atoms with Crippen LogP contribution in [0.3, 0.4) is 0 Å². The van der Waals surface area contributed by atoms with Gasteiger partial charge in [0.15, 0.2) is 0 Å². The lowest BCUT2D eigenvalue weighted by Gasteiger charge is -2.28. The average Bonchev–Trinajstić information content (AvgIpc) is 2.92. The summed E-state index contributed by atoms with van der Waals surface area (Å²) in [5.74, 6) is -1.01. The minimum absolute atomic E-state index is 0.0501. The number of rotatable bonds is 8. The smallest absolute Gasteiger partial charge is 0.271 e. The van der Waals surface area contributed by atoms with Crippen molar-refractivity contribution in [3.05, 3.63) is 94.5 Å². The summed E-state index contributed by atoms with van der Waals surface area (Å²) in [7, 11) is -4.27. The van der Waals surface area contributed by atoms with Crippen LogP contribution in [0.4, 0.5) is 17.1 Å². The Hall–Kier alpha value is -4.29. The Balaban J connectivity index is 1.64. The SMILES string of the molecule is O=C(CN(c1cccc([N+](=O)[O-])c1)S(=O)(=O)c1ccccc1)Nc1ccccc1C(=O)N1CCOCC1. The first kappa shape index (κ1) is 25.8. The predicted molar refractivity (Wildman–Crippen MR) is 136 cm³/mol. The van der Waals surface area contributed by atoms with Gasteiger partial charge >= 0.3 is 0 Å². The maximum atomic E-state index is 13.5. The highest BCUT2D eigenvalue weighted by molar-refractivity contribution is 7.92. The van der Waals surface area contributed by atoms with E-state index >= 15 is 0 Å². The fourth-order valence-corrected chi connectivity index (χ4v) is 5.27. The van der Waals surface area contributed by atoms with Gasteiger partial charge in [0.1, 0.15) is 6.54 Å². The zero-order chi connectivity index (χ0) is 26.4. The molecule has 11 nitrogen and oxygen atoms in total. The molecule has 1 fully saturated rings. The number of nitro benzene ring substituents is 1. The molecule has 0 saturated carbocycles. The van der Waals surface area contributed by atoms with Crippen LogP contribution in [-0.2, 0) is 19.6 Å². The molecule has 0 unspecified atom stereocenters. The lowest BCUT2D eigenvalue weighted by molar-refractivity contribution is -0.384. The summed E-state index contributed by atoms with van der Waals surface area (Å²) in [6.45, 7) is 0.970. The molecule has 37 heavy (non-hydrogen) atoms. The Kier molecular flexibility index (Phi) is 7.80. The third-order valence-electron chi connectivity index (χ3n) is 5.68. The molecule has 0 spiro atoms. The molecular formula is C25H24N4O7S. The van der Waals surface area contributed by atoms with E-state index < -0.39 is 27.4 Å². The molecule has 1 heterocycles. The number of benzene rings is 3. The van der Waals surface area contributed by atoms with E-state index in [-0.39, 0.29) is 33.4 Å². The van der Waals surface area contributed by atoms with Crippen LogP contribution in [0.2, 0.25) is 0 Å². The Labute approximate surface area is 213 Å².